The topological polar surface area (TPSA) is 65.6 Å². The quantitative estimate of drug-likeness (QED) is 0.250. The molecule has 7 heteroatoms. The first-order valence-electron chi connectivity index (χ1n) is 12.9. The van der Waals surface area contributed by atoms with Crippen molar-refractivity contribution in [1.29, 1.82) is 0 Å². The predicted octanol–water partition coefficient (Wildman–Crippen LogP) is 6.19. The summed E-state index contributed by atoms with van der Waals surface area (Å²) < 4.78 is 17.9. The van der Waals surface area contributed by atoms with Gasteiger partial charge in [-0.25, -0.2) is 4.39 Å². The van der Waals surface area contributed by atoms with Gasteiger partial charge in [-0.15, -0.1) is 0 Å². The molecule has 194 valence electrons. The van der Waals surface area contributed by atoms with Crippen molar-refractivity contribution in [3.05, 3.63) is 101 Å². The van der Waals surface area contributed by atoms with Crippen molar-refractivity contribution in [2.45, 2.75) is 53.0 Å². The average Bonchev–Trinajstić information content (AvgIpc) is 3.40. The molecule has 0 aliphatic rings. The van der Waals surface area contributed by atoms with Crippen LogP contribution in [0.1, 0.15) is 46.1 Å². The lowest BCUT2D eigenvalue weighted by atomic mass is 9.86. The van der Waals surface area contributed by atoms with E-state index in [9.17, 15) is 9.18 Å². The van der Waals surface area contributed by atoms with Crippen LogP contribution in [-0.2, 0) is 24.8 Å². The van der Waals surface area contributed by atoms with Crippen LogP contribution in [0.3, 0.4) is 0 Å². The number of hydrogen-bond acceptors (Lipinski definition) is 4. The summed E-state index contributed by atoms with van der Waals surface area (Å²) in [6.45, 7) is 8.08. The van der Waals surface area contributed by atoms with Crippen molar-refractivity contribution in [2.24, 2.45) is 7.05 Å². The molecule has 5 rings (SSSR count). The first-order chi connectivity index (χ1) is 18.2. The molecule has 0 N–H and O–H groups in total. The van der Waals surface area contributed by atoms with Gasteiger partial charge in [-0.2, -0.15) is 10.2 Å². The summed E-state index contributed by atoms with van der Waals surface area (Å²) in [5.74, 6) is -0.473. The first kappa shape index (κ1) is 25.5. The maximum absolute atomic E-state index is 14.3. The van der Waals surface area contributed by atoms with Gasteiger partial charge in [0.05, 0.1) is 29.1 Å². The van der Waals surface area contributed by atoms with Crippen molar-refractivity contribution in [2.75, 3.05) is 0 Å². The second-order valence-electron chi connectivity index (χ2n) is 10.2. The minimum Gasteiger partial charge on any atom is -0.298 e. The van der Waals surface area contributed by atoms with E-state index in [1.165, 1.54) is 6.07 Å². The van der Waals surface area contributed by atoms with Crippen molar-refractivity contribution in [3.63, 3.8) is 0 Å². The van der Waals surface area contributed by atoms with E-state index >= 15 is 0 Å². The molecule has 0 spiro atoms. The summed E-state index contributed by atoms with van der Waals surface area (Å²) in [5, 5.41) is 10.2. The van der Waals surface area contributed by atoms with Crippen molar-refractivity contribution < 1.29 is 9.18 Å². The maximum atomic E-state index is 14.3. The number of benzene rings is 2. The molecule has 6 nitrogen and oxygen atoms in total. The molecule has 0 radical (unpaired) electrons. The molecule has 2 aromatic carbocycles. The van der Waals surface area contributed by atoms with Crippen LogP contribution in [0.25, 0.3) is 22.0 Å². The number of rotatable bonds is 8. The number of nitrogens with zero attached hydrogens (tertiary/aromatic N) is 5. The van der Waals surface area contributed by atoms with Crippen LogP contribution in [0.4, 0.5) is 4.39 Å². The zero-order valence-corrected chi connectivity index (χ0v) is 22.5. The largest absolute Gasteiger partial charge is 0.298 e. The molecule has 0 saturated carbocycles. The number of aryl methyl sites for hydroxylation is 5. The number of hydrogen-bond donors (Lipinski definition) is 0. The Morgan fingerprint density at radius 1 is 1.00 bits per heavy atom. The number of aromatic nitrogens is 5. The Bertz CT molecular complexity index is 1630. The highest BCUT2D eigenvalue weighted by Crippen LogP contribution is 2.37. The van der Waals surface area contributed by atoms with Crippen molar-refractivity contribution >= 4 is 16.7 Å². The average molecular weight is 510 g/mol. The molecule has 0 aliphatic heterocycles. The fourth-order valence-corrected chi connectivity index (χ4v) is 5.55. The lowest BCUT2D eigenvalue weighted by Crippen LogP contribution is -2.17. The van der Waals surface area contributed by atoms with Gasteiger partial charge in [0, 0.05) is 48.3 Å². The smallest absolute Gasteiger partial charge is 0.154 e. The monoisotopic (exact) mass is 509 g/mol. The second-order valence-corrected chi connectivity index (χ2v) is 10.2. The number of ketones is 1. The van der Waals surface area contributed by atoms with E-state index in [-0.39, 0.29) is 30.5 Å². The van der Waals surface area contributed by atoms with Crippen LogP contribution in [0.2, 0.25) is 0 Å². The molecule has 0 unspecified atom stereocenters. The molecule has 38 heavy (non-hydrogen) atoms. The van der Waals surface area contributed by atoms with Gasteiger partial charge in [0.15, 0.2) is 5.78 Å². The molecule has 1 atom stereocenters. The van der Waals surface area contributed by atoms with Gasteiger partial charge in [0.25, 0.3) is 0 Å². The molecule has 3 heterocycles. The fourth-order valence-electron chi connectivity index (χ4n) is 5.55. The number of fused-ring (bicyclic) bond motifs is 1. The van der Waals surface area contributed by atoms with Gasteiger partial charge in [-0.05, 0) is 75.1 Å². The maximum Gasteiger partial charge on any atom is 0.154 e. The number of Topliss-reactive ketones (excluding diaryl/α,β-unsaturated/α-hetero) is 1. The summed E-state index contributed by atoms with van der Waals surface area (Å²) in [6, 6.07) is 15.1. The lowest BCUT2D eigenvalue weighted by Gasteiger charge is -2.21. The van der Waals surface area contributed by atoms with E-state index in [1.54, 1.807) is 16.9 Å². The summed E-state index contributed by atoms with van der Waals surface area (Å²) in [6.07, 6.45) is 4.34. The Hall–Kier alpha value is -4.13. The lowest BCUT2D eigenvalue weighted by molar-refractivity contribution is -0.120. The molecular weight excluding hydrogens is 477 g/mol. The van der Waals surface area contributed by atoms with Crippen LogP contribution in [-0.4, -0.2) is 30.3 Å². The summed E-state index contributed by atoms with van der Waals surface area (Å²) >= 11 is 0. The van der Waals surface area contributed by atoms with Gasteiger partial charge in [0.2, 0.25) is 0 Å². The molecule has 0 saturated heterocycles. The van der Waals surface area contributed by atoms with E-state index in [1.807, 2.05) is 56.9 Å². The molecule has 0 aliphatic carbocycles. The summed E-state index contributed by atoms with van der Waals surface area (Å²) in [7, 11) is 1.96. The number of carbonyl (C=O) groups excluding carboxylic acids is 1. The van der Waals surface area contributed by atoms with Crippen LogP contribution >= 0.6 is 0 Å². The van der Waals surface area contributed by atoms with Gasteiger partial charge in [0.1, 0.15) is 5.82 Å². The highest BCUT2D eigenvalue weighted by molar-refractivity contribution is 5.98. The third-order valence-corrected chi connectivity index (χ3v) is 7.06. The SMILES string of the molecule is Cc1cc(F)cc(C[C@H](CC(=O)Cn2ccc(C)n2)c2ncccc2-c2ccc(C)c3c(C)nn(C)c23)c1. The van der Waals surface area contributed by atoms with Crippen molar-refractivity contribution in [3.8, 4) is 11.1 Å². The molecule has 0 bridgehead atoms. The minimum atomic E-state index is -0.274. The van der Waals surface area contributed by atoms with Gasteiger partial charge in [-0.1, -0.05) is 24.3 Å². The molecular formula is C31H32FN5O. The molecule has 0 amide bonds. The van der Waals surface area contributed by atoms with Crippen LogP contribution in [0.15, 0.2) is 60.9 Å². The second kappa shape index (κ2) is 10.3. The summed E-state index contributed by atoms with van der Waals surface area (Å²) in [5.41, 5.74) is 8.54. The zero-order valence-electron chi connectivity index (χ0n) is 22.5. The predicted molar refractivity (Wildman–Crippen MR) is 148 cm³/mol. The van der Waals surface area contributed by atoms with E-state index in [4.69, 9.17) is 4.98 Å². The van der Waals surface area contributed by atoms with E-state index in [2.05, 4.69) is 35.3 Å². The van der Waals surface area contributed by atoms with Crippen LogP contribution < -0.4 is 0 Å². The van der Waals surface area contributed by atoms with E-state index in [0.717, 1.165) is 55.8 Å². The first-order valence-corrected chi connectivity index (χ1v) is 12.9. The Kier molecular flexibility index (Phi) is 6.93. The molecule has 5 aromatic rings. The number of halogens is 1. The highest BCUT2D eigenvalue weighted by Gasteiger charge is 2.24. The van der Waals surface area contributed by atoms with E-state index < -0.39 is 0 Å². The molecule has 0 fully saturated rings. The Balaban J connectivity index is 1.60. The van der Waals surface area contributed by atoms with Gasteiger partial charge in [-0.3, -0.25) is 19.1 Å². The third kappa shape index (κ3) is 5.14. The van der Waals surface area contributed by atoms with Gasteiger partial charge >= 0.3 is 0 Å². The Morgan fingerprint density at radius 3 is 2.55 bits per heavy atom. The van der Waals surface area contributed by atoms with Crippen molar-refractivity contribution in [1.82, 2.24) is 24.5 Å². The van der Waals surface area contributed by atoms with Crippen LogP contribution in [0, 0.1) is 33.5 Å². The normalized spacial score (nSPS) is 12.3. The number of pyridine rings is 1. The Morgan fingerprint density at radius 2 is 1.82 bits per heavy atom. The third-order valence-electron chi connectivity index (χ3n) is 7.06. The zero-order chi connectivity index (χ0) is 27.0. The Labute approximate surface area is 222 Å². The van der Waals surface area contributed by atoms with Gasteiger partial charge < -0.3 is 0 Å². The van der Waals surface area contributed by atoms with Crippen LogP contribution in [0.5, 0.6) is 0 Å². The minimum absolute atomic E-state index is 0.0493. The number of carbonyl (C=O) groups is 1. The van der Waals surface area contributed by atoms with E-state index in [0.29, 0.717) is 6.42 Å². The highest BCUT2D eigenvalue weighted by atomic mass is 19.1. The molecule has 3 aromatic heterocycles. The fraction of sp³-hybridized carbons (Fsp3) is 0.290. The summed E-state index contributed by atoms with van der Waals surface area (Å²) in [4.78, 5) is 18.1. The standard InChI is InChI=1S/C31H32FN5O/c1-19-13-23(16-25(32)14-19)15-24(17-26(38)18-37-12-10-21(3)34-37)30-27(7-6-11-33-30)28-9-8-20(2)29-22(4)35-36(5)31(28)29/h6-14,16,24H,15,17-18H2,1-5H3/t24-/m1/s1.